The van der Waals surface area contributed by atoms with E-state index in [4.69, 9.17) is 0 Å². The predicted molar refractivity (Wildman–Crippen MR) is 45.5 cm³/mol. The summed E-state index contributed by atoms with van der Waals surface area (Å²) in [6, 6.07) is 2.50. The summed E-state index contributed by atoms with van der Waals surface area (Å²) in [4.78, 5) is 0. The fourth-order valence-corrected chi connectivity index (χ4v) is 0.941. The van der Waals surface area contributed by atoms with E-state index in [1.165, 1.54) is 5.69 Å². The molecule has 0 saturated carbocycles. The van der Waals surface area contributed by atoms with E-state index in [2.05, 4.69) is 24.3 Å². The molecule has 0 radical (unpaired) electrons. The van der Waals surface area contributed by atoms with Gasteiger partial charge >= 0.3 is 0 Å². The smallest absolute Gasteiger partial charge is 0.0562 e. The summed E-state index contributed by atoms with van der Waals surface area (Å²) >= 11 is 0. The third-order valence-corrected chi connectivity index (χ3v) is 1.87. The van der Waals surface area contributed by atoms with E-state index in [0.717, 1.165) is 6.54 Å². The average molecular weight is 153 g/mol. The molecule has 0 spiro atoms. The second-order valence-electron chi connectivity index (χ2n) is 2.84. The first-order valence-corrected chi connectivity index (χ1v) is 3.89. The summed E-state index contributed by atoms with van der Waals surface area (Å²) < 4.78 is 2.00. The molecule has 1 aromatic heterocycles. The van der Waals surface area contributed by atoms with Gasteiger partial charge in [0.2, 0.25) is 0 Å². The highest BCUT2D eigenvalue weighted by Crippen LogP contribution is 1.96. The van der Waals surface area contributed by atoms with Crippen LogP contribution in [-0.2, 0) is 6.54 Å². The molecular formula is C8H15N3. The van der Waals surface area contributed by atoms with Crippen LogP contribution in [0.5, 0.6) is 0 Å². The third-order valence-electron chi connectivity index (χ3n) is 1.87. The van der Waals surface area contributed by atoms with Crippen LogP contribution < -0.4 is 5.32 Å². The summed E-state index contributed by atoms with van der Waals surface area (Å²) in [7, 11) is 1.96. The van der Waals surface area contributed by atoms with Gasteiger partial charge in [-0.1, -0.05) is 0 Å². The van der Waals surface area contributed by atoms with Crippen LogP contribution in [0, 0.1) is 6.92 Å². The second-order valence-corrected chi connectivity index (χ2v) is 2.84. The topological polar surface area (TPSA) is 29.9 Å². The molecule has 1 aromatic rings. The van der Waals surface area contributed by atoms with Crippen molar-refractivity contribution in [3.63, 3.8) is 0 Å². The molecule has 1 unspecified atom stereocenters. The van der Waals surface area contributed by atoms with Crippen LogP contribution in [0.15, 0.2) is 12.3 Å². The maximum absolute atomic E-state index is 4.18. The van der Waals surface area contributed by atoms with Gasteiger partial charge in [-0.15, -0.1) is 0 Å². The highest BCUT2D eigenvalue weighted by atomic mass is 15.3. The first-order chi connectivity index (χ1) is 5.24. The van der Waals surface area contributed by atoms with Gasteiger partial charge in [0.1, 0.15) is 0 Å². The Morgan fingerprint density at radius 1 is 1.73 bits per heavy atom. The zero-order valence-corrected chi connectivity index (χ0v) is 7.33. The van der Waals surface area contributed by atoms with E-state index in [1.807, 2.05) is 24.0 Å². The number of nitrogens with one attached hydrogen (secondary N) is 1. The van der Waals surface area contributed by atoms with Gasteiger partial charge in [-0.05, 0) is 27.0 Å². The van der Waals surface area contributed by atoms with Gasteiger partial charge in [-0.2, -0.15) is 5.10 Å². The van der Waals surface area contributed by atoms with Crippen molar-refractivity contribution < 1.29 is 0 Å². The fraction of sp³-hybridized carbons (Fsp3) is 0.625. The maximum atomic E-state index is 4.18. The molecule has 0 aromatic carbocycles. The highest BCUT2D eigenvalue weighted by molar-refractivity contribution is 4.96. The lowest BCUT2D eigenvalue weighted by molar-refractivity contribution is 0.474. The average Bonchev–Trinajstić information content (AvgIpc) is 2.37. The molecule has 3 heteroatoms. The Labute approximate surface area is 67.4 Å². The van der Waals surface area contributed by atoms with E-state index in [0.29, 0.717) is 6.04 Å². The van der Waals surface area contributed by atoms with Crippen LogP contribution >= 0.6 is 0 Å². The Morgan fingerprint density at radius 2 is 2.45 bits per heavy atom. The predicted octanol–water partition coefficient (Wildman–Crippen LogP) is 0.799. The van der Waals surface area contributed by atoms with Crippen molar-refractivity contribution in [2.75, 3.05) is 7.05 Å². The van der Waals surface area contributed by atoms with Crippen molar-refractivity contribution in [2.45, 2.75) is 26.4 Å². The largest absolute Gasteiger partial charge is 0.315 e. The highest BCUT2D eigenvalue weighted by Gasteiger charge is 2.01. The monoisotopic (exact) mass is 153 g/mol. The Bertz CT molecular complexity index is 217. The minimum Gasteiger partial charge on any atom is -0.315 e. The molecular weight excluding hydrogens is 138 g/mol. The van der Waals surface area contributed by atoms with E-state index in [-0.39, 0.29) is 0 Å². The molecule has 1 atom stereocenters. The van der Waals surface area contributed by atoms with Gasteiger partial charge in [-0.25, -0.2) is 0 Å². The SMILES string of the molecule is CNC(C)Cn1nccc1C. The van der Waals surface area contributed by atoms with Gasteiger partial charge in [-0.3, -0.25) is 4.68 Å². The lowest BCUT2D eigenvalue weighted by Gasteiger charge is -2.10. The minimum absolute atomic E-state index is 0.480. The number of rotatable bonds is 3. The van der Waals surface area contributed by atoms with Crippen LogP contribution in [-0.4, -0.2) is 22.9 Å². The molecule has 11 heavy (non-hydrogen) atoms. The normalized spacial score (nSPS) is 13.4. The van der Waals surface area contributed by atoms with E-state index in [9.17, 15) is 0 Å². The molecule has 1 heterocycles. The number of hydrogen-bond acceptors (Lipinski definition) is 2. The Morgan fingerprint density at radius 3 is 2.91 bits per heavy atom. The summed E-state index contributed by atoms with van der Waals surface area (Å²) in [6.07, 6.45) is 1.83. The summed E-state index contributed by atoms with van der Waals surface area (Å²) in [5, 5.41) is 7.35. The lowest BCUT2D eigenvalue weighted by Crippen LogP contribution is -2.27. The molecule has 1 N–H and O–H groups in total. The zero-order chi connectivity index (χ0) is 8.27. The molecule has 0 aliphatic carbocycles. The molecule has 0 bridgehead atoms. The van der Waals surface area contributed by atoms with Gasteiger partial charge in [0, 0.05) is 17.9 Å². The number of aryl methyl sites for hydroxylation is 1. The third kappa shape index (κ3) is 2.05. The Hall–Kier alpha value is -0.830. The van der Waals surface area contributed by atoms with Crippen molar-refractivity contribution in [1.82, 2.24) is 15.1 Å². The first kappa shape index (κ1) is 8.27. The lowest BCUT2D eigenvalue weighted by atomic mass is 10.3. The molecule has 62 valence electrons. The van der Waals surface area contributed by atoms with Crippen LogP contribution in [0.3, 0.4) is 0 Å². The first-order valence-electron chi connectivity index (χ1n) is 3.89. The van der Waals surface area contributed by atoms with Gasteiger partial charge in [0.25, 0.3) is 0 Å². The van der Waals surface area contributed by atoms with Crippen LogP contribution in [0.25, 0.3) is 0 Å². The van der Waals surface area contributed by atoms with E-state index in [1.54, 1.807) is 0 Å². The maximum Gasteiger partial charge on any atom is 0.0562 e. The number of likely N-dealkylation sites (N-methyl/N-ethyl adjacent to an activating group) is 1. The zero-order valence-electron chi connectivity index (χ0n) is 7.33. The Kier molecular flexibility index (Phi) is 2.65. The van der Waals surface area contributed by atoms with E-state index >= 15 is 0 Å². The summed E-state index contributed by atoms with van der Waals surface area (Å²) in [6.45, 7) is 5.14. The summed E-state index contributed by atoms with van der Waals surface area (Å²) in [5.41, 5.74) is 1.21. The molecule has 0 aliphatic rings. The number of nitrogens with zero attached hydrogens (tertiary/aromatic N) is 2. The molecule has 1 rings (SSSR count). The number of hydrogen-bond donors (Lipinski definition) is 1. The van der Waals surface area contributed by atoms with Crippen LogP contribution in [0.2, 0.25) is 0 Å². The molecule has 3 nitrogen and oxygen atoms in total. The minimum atomic E-state index is 0.480. The Balaban J connectivity index is 2.56. The molecule has 0 amide bonds. The quantitative estimate of drug-likeness (QED) is 0.696. The van der Waals surface area contributed by atoms with Crippen molar-refractivity contribution in [1.29, 1.82) is 0 Å². The van der Waals surface area contributed by atoms with E-state index < -0.39 is 0 Å². The molecule has 0 fully saturated rings. The fourth-order valence-electron chi connectivity index (χ4n) is 0.941. The van der Waals surface area contributed by atoms with Gasteiger partial charge in [0.15, 0.2) is 0 Å². The van der Waals surface area contributed by atoms with Crippen LogP contribution in [0.4, 0.5) is 0 Å². The van der Waals surface area contributed by atoms with Gasteiger partial charge in [0.05, 0.1) is 6.54 Å². The van der Waals surface area contributed by atoms with Crippen LogP contribution in [0.1, 0.15) is 12.6 Å². The van der Waals surface area contributed by atoms with Gasteiger partial charge < -0.3 is 5.32 Å². The van der Waals surface area contributed by atoms with Crippen molar-refractivity contribution in [3.8, 4) is 0 Å². The van der Waals surface area contributed by atoms with Crippen molar-refractivity contribution in [2.24, 2.45) is 0 Å². The molecule has 0 aliphatic heterocycles. The standard InChI is InChI=1S/C8H15N3/c1-7(9-3)6-11-8(2)4-5-10-11/h4-5,7,9H,6H2,1-3H3. The van der Waals surface area contributed by atoms with Crippen molar-refractivity contribution in [3.05, 3.63) is 18.0 Å². The van der Waals surface area contributed by atoms with Crippen molar-refractivity contribution >= 4 is 0 Å². The molecule has 0 saturated heterocycles. The number of aromatic nitrogens is 2. The second kappa shape index (κ2) is 3.53. The summed E-state index contributed by atoms with van der Waals surface area (Å²) in [5.74, 6) is 0.